The number of nitriles is 1. The van der Waals surface area contributed by atoms with E-state index in [1.54, 1.807) is 18.2 Å². The summed E-state index contributed by atoms with van der Waals surface area (Å²) in [6.45, 7) is 2.02. The van der Waals surface area contributed by atoms with E-state index < -0.39 is 10.0 Å². The first-order valence-electron chi connectivity index (χ1n) is 6.73. The van der Waals surface area contributed by atoms with Crippen LogP contribution in [0.4, 0.5) is 0 Å². The summed E-state index contributed by atoms with van der Waals surface area (Å²) in [6, 6.07) is 8.19. The minimum atomic E-state index is -3.47. The number of halogens is 1. The third-order valence-corrected chi connectivity index (χ3v) is 5.56. The van der Waals surface area contributed by atoms with Gasteiger partial charge in [0.2, 0.25) is 10.0 Å². The van der Waals surface area contributed by atoms with E-state index in [1.807, 2.05) is 13.1 Å². The zero-order valence-electron chi connectivity index (χ0n) is 11.9. The monoisotopic (exact) mass is 329 g/mol. The molecule has 1 N–H and O–H groups in total. The second-order valence-corrected chi connectivity index (χ2v) is 6.98. The summed E-state index contributed by atoms with van der Waals surface area (Å²) in [5.74, 6) is 0.539. The van der Waals surface area contributed by atoms with E-state index in [0.29, 0.717) is 24.6 Å². The molecule has 0 aliphatic carbocycles. The van der Waals surface area contributed by atoms with Gasteiger partial charge in [0, 0.05) is 13.1 Å². The second-order valence-electron chi connectivity index (χ2n) is 5.04. The number of nitrogens with one attached hydrogen (secondary N) is 1. The zero-order chi connectivity index (χ0) is 14.6. The average Bonchev–Trinajstić information content (AvgIpc) is 2.48. The molecule has 2 rings (SSSR count). The van der Waals surface area contributed by atoms with Crippen LogP contribution < -0.4 is 5.32 Å². The normalized spacial score (nSPS) is 17.0. The first kappa shape index (κ1) is 17.9. The number of sulfonamides is 1. The molecule has 7 heteroatoms. The van der Waals surface area contributed by atoms with Gasteiger partial charge in [-0.15, -0.1) is 12.4 Å². The summed E-state index contributed by atoms with van der Waals surface area (Å²) in [5.41, 5.74) is 0.371. The number of hydrogen-bond acceptors (Lipinski definition) is 4. The number of hydrogen-bond donors (Lipinski definition) is 1. The third kappa shape index (κ3) is 4.17. The highest BCUT2D eigenvalue weighted by atomic mass is 35.5. The van der Waals surface area contributed by atoms with Crippen molar-refractivity contribution in [2.75, 3.05) is 26.7 Å². The van der Waals surface area contributed by atoms with Gasteiger partial charge < -0.3 is 5.32 Å². The molecular formula is C14H20ClN3O2S. The van der Waals surface area contributed by atoms with Gasteiger partial charge in [-0.05, 0) is 50.6 Å². The maximum absolute atomic E-state index is 12.5. The van der Waals surface area contributed by atoms with E-state index in [4.69, 9.17) is 5.26 Å². The first-order valence-corrected chi connectivity index (χ1v) is 8.17. The van der Waals surface area contributed by atoms with Gasteiger partial charge in [0.1, 0.15) is 0 Å². The van der Waals surface area contributed by atoms with Crippen LogP contribution in [0.1, 0.15) is 18.4 Å². The van der Waals surface area contributed by atoms with Crippen molar-refractivity contribution in [3.8, 4) is 6.07 Å². The molecule has 21 heavy (non-hydrogen) atoms. The largest absolute Gasteiger partial charge is 0.319 e. The van der Waals surface area contributed by atoms with Gasteiger partial charge >= 0.3 is 0 Å². The van der Waals surface area contributed by atoms with Crippen molar-refractivity contribution in [1.82, 2.24) is 9.62 Å². The van der Waals surface area contributed by atoms with E-state index in [-0.39, 0.29) is 17.3 Å². The minimum absolute atomic E-state index is 0. The molecule has 1 aromatic carbocycles. The Hall–Kier alpha value is -1.13. The summed E-state index contributed by atoms with van der Waals surface area (Å²) in [6.07, 6.45) is 1.75. The van der Waals surface area contributed by atoms with E-state index in [2.05, 4.69) is 5.32 Å². The van der Waals surface area contributed by atoms with Crippen molar-refractivity contribution >= 4 is 22.4 Å². The Morgan fingerprint density at radius 2 is 2.05 bits per heavy atom. The fraction of sp³-hybridized carbons (Fsp3) is 0.500. The first-order chi connectivity index (χ1) is 9.57. The lowest BCUT2D eigenvalue weighted by molar-refractivity contribution is 0.270. The predicted octanol–water partition coefficient (Wildman–Crippen LogP) is 1.60. The highest BCUT2D eigenvalue weighted by Crippen LogP contribution is 2.23. The summed E-state index contributed by atoms with van der Waals surface area (Å²) in [5, 5.41) is 12.0. The van der Waals surface area contributed by atoms with Gasteiger partial charge in [0.25, 0.3) is 0 Å². The van der Waals surface area contributed by atoms with Crippen molar-refractivity contribution in [1.29, 1.82) is 5.26 Å². The highest BCUT2D eigenvalue weighted by Gasteiger charge is 2.29. The van der Waals surface area contributed by atoms with Gasteiger partial charge in [-0.1, -0.05) is 6.07 Å². The quantitative estimate of drug-likeness (QED) is 0.910. The van der Waals surface area contributed by atoms with Crippen LogP contribution in [0.3, 0.4) is 0 Å². The Morgan fingerprint density at radius 1 is 1.38 bits per heavy atom. The minimum Gasteiger partial charge on any atom is -0.319 e. The fourth-order valence-electron chi connectivity index (χ4n) is 2.52. The van der Waals surface area contributed by atoms with E-state index >= 15 is 0 Å². The number of rotatable bonds is 4. The van der Waals surface area contributed by atoms with Crippen LogP contribution in [0.25, 0.3) is 0 Å². The van der Waals surface area contributed by atoms with Gasteiger partial charge in [-0.3, -0.25) is 0 Å². The topological polar surface area (TPSA) is 73.2 Å². The van der Waals surface area contributed by atoms with Crippen LogP contribution in [0, 0.1) is 17.2 Å². The molecule has 1 aromatic rings. The molecule has 0 bridgehead atoms. The lowest BCUT2D eigenvalue weighted by atomic mass is 9.98. The second kappa shape index (κ2) is 7.76. The molecule has 1 fully saturated rings. The van der Waals surface area contributed by atoms with Crippen molar-refractivity contribution in [3.05, 3.63) is 29.8 Å². The van der Waals surface area contributed by atoms with Crippen LogP contribution in [0.5, 0.6) is 0 Å². The molecule has 0 atom stereocenters. The van der Waals surface area contributed by atoms with E-state index in [9.17, 15) is 8.42 Å². The maximum atomic E-state index is 12.5. The standard InChI is InChI=1S/C14H19N3O2S.ClH/c1-16-11-12-5-7-17(8-6-12)20(18,19)14-4-2-3-13(9-14)10-15;/h2-4,9,12,16H,5-8,11H2,1H3;1H. The molecule has 116 valence electrons. The molecule has 0 radical (unpaired) electrons. The predicted molar refractivity (Wildman–Crippen MR) is 83.8 cm³/mol. The summed E-state index contributed by atoms with van der Waals surface area (Å²) in [4.78, 5) is 0.212. The van der Waals surface area contributed by atoms with Crippen molar-refractivity contribution in [3.63, 3.8) is 0 Å². The summed E-state index contributed by atoms with van der Waals surface area (Å²) in [7, 11) is -1.56. The lowest BCUT2D eigenvalue weighted by Gasteiger charge is -2.31. The zero-order valence-corrected chi connectivity index (χ0v) is 13.6. The molecule has 5 nitrogen and oxygen atoms in total. The molecule has 1 saturated heterocycles. The van der Waals surface area contributed by atoms with Crippen molar-refractivity contribution in [2.45, 2.75) is 17.7 Å². The third-order valence-electron chi connectivity index (χ3n) is 3.67. The number of piperidine rings is 1. The van der Waals surface area contributed by atoms with Crippen LogP contribution in [0.15, 0.2) is 29.2 Å². The van der Waals surface area contributed by atoms with Crippen LogP contribution in [0.2, 0.25) is 0 Å². The lowest BCUT2D eigenvalue weighted by Crippen LogP contribution is -2.40. The van der Waals surface area contributed by atoms with E-state index in [1.165, 1.54) is 10.4 Å². The Balaban J connectivity index is 0.00000220. The Labute approximate surface area is 132 Å². The number of nitrogens with zero attached hydrogens (tertiary/aromatic N) is 2. The summed E-state index contributed by atoms with van der Waals surface area (Å²) >= 11 is 0. The van der Waals surface area contributed by atoms with Gasteiger partial charge in [-0.2, -0.15) is 9.57 Å². The van der Waals surface area contributed by atoms with Crippen LogP contribution in [-0.2, 0) is 10.0 Å². The smallest absolute Gasteiger partial charge is 0.243 e. The molecule has 0 aromatic heterocycles. The molecule has 0 spiro atoms. The Bertz CT molecular complexity index is 605. The maximum Gasteiger partial charge on any atom is 0.243 e. The Kier molecular flexibility index (Phi) is 6.62. The molecular weight excluding hydrogens is 310 g/mol. The Morgan fingerprint density at radius 3 is 2.62 bits per heavy atom. The molecule has 1 aliphatic heterocycles. The average molecular weight is 330 g/mol. The van der Waals surface area contributed by atoms with Gasteiger partial charge in [0.05, 0.1) is 16.5 Å². The molecule has 0 amide bonds. The SMILES string of the molecule is CNCC1CCN(S(=O)(=O)c2cccc(C#N)c2)CC1.Cl. The summed E-state index contributed by atoms with van der Waals surface area (Å²) < 4.78 is 26.6. The van der Waals surface area contributed by atoms with Gasteiger partial charge in [0.15, 0.2) is 0 Å². The van der Waals surface area contributed by atoms with Crippen molar-refractivity contribution < 1.29 is 8.42 Å². The molecule has 1 aliphatic rings. The molecule has 0 saturated carbocycles. The highest BCUT2D eigenvalue weighted by molar-refractivity contribution is 7.89. The number of benzene rings is 1. The van der Waals surface area contributed by atoms with Gasteiger partial charge in [-0.25, -0.2) is 8.42 Å². The fourth-order valence-corrected chi connectivity index (χ4v) is 4.03. The van der Waals surface area contributed by atoms with E-state index in [0.717, 1.165) is 19.4 Å². The van der Waals surface area contributed by atoms with Crippen LogP contribution in [-0.4, -0.2) is 39.4 Å². The molecule has 1 heterocycles. The van der Waals surface area contributed by atoms with Crippen LogP contribution >= 0.6 is 12.4 Å². The van der Waals surface area contributed by atoms with Crippen molar-refractivity contribution in [2.24, 2.45) is 5.92 Å². The molecule has 0 unspecified atom stereocenters.